The van der Waals surface area contributed by atoms with E-state index in [1.165, 1.54) is 11.8 Å². The molecule has 0 fully saturated rings. The number of carboxylic acid groups (broad SMARTS) is 3. The summed E-state index contributed by atoms with van der Waals surface area (Å²) in [5.41, 5.74) is 12.9. The summed E-state index contributed by atoms with van der Waals surface area (Å²) in [5, 5.41) is 33.3. The van der Waals surface area contributed by atoms with Gasteiger partial charge in [0, 0.05) is 55.3 Å². The van der Waals surface area contributed by atoms with Crippen molar-refractivity contribution in [1.82, 2.24) is 25.4 Å². The van der Waals surface area contributed by atoms with Crippen LogP contribution in [-0.2, 0) is 40.1 Å². The van der Waals surface area contributed by atoms with E-state index in [0.717, 1.165) is 23.8 Å². The number of aromatic nitrogens is 1. The normalized spacial score (nSPS) is 13.9. The molecule has 1 heterocycles. The highest BCUT2D eigenvalue weighted by Crippen LogP contribution is 2.41. The Labute approximate surface area is 349 Å². The third kappa shape index (κ3) is 14.5. The van der Waals surface area contributed by atoms with Gasteiger partial charge in [0.1, 0.15) is 23.7 Å². The largest absolute Gasteiger partial charge is 0.481 e. The minimum absolute atomic E-state index is 0.0248. The van der Waals surface area contributed by atoms with Crippen molar-refractivity contribution in [3.8, 4) is 11.1 Å². The molecule has 3 rings (SSSR count). The molecule has 17 nitrogen and oxygen atoms in total. The number of amides is 4. The molecular weight excluding hydrogens is 809 g/mol. The SMILES string of the molecule is CC(=O)N(CCC(N)C(=O)NC(CNC(=O)CNC(=O)C(CC(=O)O)SCC(N)C(=O)O)C(=O)O)C(c1cc(-c2cc(F)ccc2F)cn1Cc1ccccc1)C(C)(C)C. The van der Waals surface area contributed by atoms with Gasteiger partial charge in [0.15, 0.2) is 0 Å². The quantitative estimate of drug-likeness (QED) is 0.0718. The highest BCUT2D eigenvalue weighted by molar-refractivity contribution is 8.00. The molecule has 3 aromatic rings. The van der Waals surface area contributed by atoms with Crippen LogP contribution in [0.1, 0.15) is 57.8 Å². The van der Waals surface area contributed by atoms with Crippen LogP contribution in [0.15, 0.2) is 60.8 Å². The molecule has 10 N–H and O–H groups in total. The van der Waals surface area contributed by atoms with Crippen molar-refractivity contribution in [1.29, 1.82) is 0 Å². The zero-order valence-electron chi connectivity index (χ0n) is 33.5. The molecule has 0 spiro atoms. The molecule has 60 heavy (non-hydrogen) atoms. The Bertz CT molecular complexity index is 2030. The standard InChI is InChI=1S/C40H51F2N7O10S/c1-22(50)49(35(40(2,3)4)31-14-24(26-15-25(41)10-11-27(26)42)20-48(31)19-23-8-6-5-7-9-23)13-12-28(43)36(54)47-30(39(58)59)17-45-33(51)18-46-37(55)32(16-34(52)53)60-21-29(44)38(56)57/h5-11,14-15,20,28-30,32,35H,12-13,16-19,21,43-44H2,1-4H3,(H,45,51)(H,46,55)(H,47,54)(H,52,53)(H,56,57)(H,58,59). The van der Waals surface area contributed by atoms with E-state index >= 15 is 4.39 Å². The highest BCUT2D eigenvalue weighted by atomic mass is 32.2. The number of nitrogens with zero attached hydrogens (tertiary/aromatic N) is 2. The molecule has 326 valence electrons. The van der Waals surface area contributed by atoms with E-state index < -0.39 is 102 Å². The van der Waals surface area contributed by atoms with E-state index in [2.05, 4.69) is 16.0 Å². The summed E-state index contributed by atoms with van der Waals surface area (Å²) in [4.78, 5) is 87.4. The second kappa shape index (κ2) is 21.9. The van der Waals surface area contributed by atoms with Crippen LogP contribution in [0.4, 0.5) is 8.78 Å². The summed E-state index contributed by atoms with van der Waals surface area (Å²) in [6.45, 7) is 5.92. The van der Waals surface area contributed by atoms with Crippen molar-refractivity contribution in [2.45, 2.75) is 76.5 Å². The molecule has 2 aromatic carbocycles. The number of carboxylic acids is 3. The molecule has 0 aliphatic carbocycles. The molecule has 1 aromatic heterocycles. The van der Waals surface area contributed by atoms with Gasteiger partial charge >= 0.3 is 17.9 Å². The van der Waals surface area contributed by atoms with Crippen LogP contribution in [0.3, 0.4) is 0 Å². The van der Waals surface area contributed by atoms with E-state index in [9.17, 15) is 43.1 Å². The number of nitrogens with one attached hydrogen (secondary N) is 3. The van der Waals surface area contributed by atoms with Gasteiger partial charge in [-0.15, -0.1) is 11.8 Å². The topological polar surface area (TPSA) is 276 Å². The Morgan fingerprint density at radius 1 is 0.883 bits per heavy atom. The van der Waals surface area contributed by atoms with Crippen molar-refractivity contribution in [2.75, 3.05) is 25.4 Å². The second-order valence-electron chi connectivity index (χ2n) is 15.1. The maximum absolute atomic E-state index is 15.0. The fraction of sp³-hybridized carbons (Fsp3) is 0.425. The number of nitrogens with two attached hydrogens (primary N) is 2. The van der Waals surface area contributed by atoms with Gasteiger partial charge in [0.2, 0.25) is 23.6 Å². The molecule has 0 saturated carbocycles. The zero-order chi connectivity index (χ0) is 44.9. The maximum atomic E-state index is 15.0. The number of rotatable bonds is 22. The number of carbonyl (C=O) groups is 7. The summed E-state index contributed by atoms with van der Waals surface area (Å²) in [6.07, 6.45) is 0.853. The van der Waals surface area contributed by atoms with Crippen LogP contribution in [0.2, 0.25) is 0 Å². The number of carbonyl (C=O) groups excluding carboxylic acids is 4. The lowest BCUT2D eigenvalue weighted by Gasteiger charge is -2.41. The summed E-state index contributed by atoms with van der Waals surface area (Å²) < 4.78 is 31.2. The Morgan fingerprint density at radius 2 is 1.55 bits per heavy atom. The Balaban J connectivity index is 1.73. The van der Waals surface area contributed by atoms with Crippen LogP contribution in [0.25, 0.3) is 11.1 Å². The number of benzene rings is 2. The van der Waals surface area contributed by atoms with Crippen molar-refractivity contribution in [3.05, 3.63) is 83.7 Å². The number of hydrogen-bond donors (Lipinski definition) is 8. The second-order valence-corrected chi connectivity index (χ2v) is 16.3. The first-order valence-corrected chi connectivity index (χ1v) is 19.7. The molecule has 4 amide bonds. The lowest BCUT2D eigenvalue weighted by molar-refractivity contribution is -0.142. The fourth-order valence-corrected chi connectivity index (χ4v) is 7.28. The van der Waals surface area contributed by atoms with E-state index in [-0.39, 0.29) is 30.2 Å². The minimum atomic E-state index is -1.68. The van der Waals surface area contributed by atoms with Crippen LogP contribution < -0.4 is 27.4 Å². The lowest BCUT2D eigenvalue weighted by Crippen LogP contribution is -2.54. The molecule has 0 aliphatic rings. The Morgan fingerprint density at radius 3 is 2.13 bits per heavy atom. The lowest BCUT2D eigenvalue weighted by atomic mass is 9.82. The molecule has 0 aliphatic heterocycles. The first kappa shape index (κ1) is 48.5. The van der Waals surface area contributed by atoms with Gasteiger partial charge in [-0.1, -0.05) is 51.1 Å². The van der Waals surface area contributed by atoms with Crippen molar-refractivity contribution in [3.63, 3.8) is 0 Å². The molecular formula is C40H51F2N7O10S. The average molecular weight is 860 g/mol. The number of halogens is 2. The van der Waals surface area contributed by atoms with Gasteiger partial charge in [0.05, 0.1) is 30.3 Å². The van der Waals surface area contributed by atoms with E-state index in [1.807, 2.05) is 55.7 Å². The Kier molecular flexibility index (Phi) is 17.7. The van der Waals surface area contributed by atoms with Crippen molar-refractivity contribution < 1.29 is 57.7 Å². The van der Waals surface area contributed by atoms with Crippen molar-refractivity contribution in [2.24, 2.45) is 16.9 Å². The summed E-state index contributed by atoms with van der Waals surface area (Å²) >= 11 is 0.674. The molecule has 5 unspecified atom stereocenters. The van der Waals surface area contributed by atoms with Crippen LogP contribution in [0.5, 0.6) is 0 Å². The molecule has 0 radical (unpaired) electrons. The fourth-order valence-electron chi connectivity index (χ4n) is 6.20. The molecule has 0 saturated heterocycles. The Hall–Kier alpha value is -5.86. The van der Waals surface area contributed by atoms with Gasteiger partial charge in [-0.2, -0.15) is 0 Å². The predicted octanol–water partition coefficient (Wildman–Crippen LogP) is 1.92. The molecule has 0 bridgehead atoms. The van der Waals surface area contributed by atoms with E-state index in [0.29, 0.717) is 29.6 Å². The third-order valence-electron chi connectivity index (χ3n) is 9.19. The van der Waals surface area contributed by atoms with Gasteiger partial charge in [0.25, 0.3) is 0 Å². The number of thioether (sulfide) groups is 1. The minimum Gasteiger partial charge on any atom is -0.481 e. The summed E-state index contributed by atoms with van der Waals surface area (Å²) in [7, 11) is 0. The van der Waals surface area contributed by atoms with E-state index in [1.54, 1.807) is 12.3 Å². The zero-order valence-corrected chi connectivity index (χ0v) is 34.3. The van der Waals surface area contributed by atoms with Crippen LogP contribution in [-0.4, -0.2) is 115 Å². The van der Waals surface area contributed by atoms with Crippen LogP contribution in [0, 0.1) is 17.0 Å². The van der Waals surface area contributed by atoms with Crippen LogP contribution >= 0.6 is 11.8 Å². The molecule has 20 heteroatoms. The average Bonchev–Trinajstić information content (AvgIpc) is 3.57. The number of hydrogen-bond acceptors (Lipinski definition) is 10. The molecule has 5 atom stereocenters. The summed E-state index contributed by atoms with van der Waals surface area (Å²) in [6, 6.07) is 9.13. The monoisotopic (exact) mass is 859 g/mol. The van der Waals surface area contributed by atoms with Gasteiger partial charge < -0.3 is 52.2 Å². The highest BCUT2D eigenvalue weighted by Gasteiger charge is 2.37. The summed E-state index contributed by atoms with van der Waals surface area (Å²) in [5.74, 6) is -8.90. The van der Waals surface area contributed by atoms with Gasteiger partial charge in [-0.25, -0.2) is 13.6 Å². The van der Waals surface area contributed by atoms with E-state index in [4.69, 9.17) is 21.7 Å². The van der Waals surface area contributed by atoms with Crippen molar-refractivity contribution >= 4 is 53.3 Å². The first-order valence-electron chi connectivity index (χ1n) is 18.7. The van der Waals surface area contributed by atoms with Gasteiger partial charge in [-0.3, -0.25) is 28.8 Å². The predicted molar refractivity (Wildman–Crippen MR) is 217 cm³/mol. The number of aliphatic carboxylic acids is 3. The smallest absolute Gasteiger partial charge is 0.328 e. The third-order valence-corrected chi connectivity index (χ3v) is 10.5. The van der Waals surface area contributed by atoms with Gasteiger partial charge in [-0.05, 0) is 41.7 Å². The first-order chi connectivity index (χ1) is 28.1. The maximum Gasteiger partial charge on any atom is 0.328 e.